The summed E-state index contributed by atoms with van der Waals surface area (Å²) in [4.78, 5) is 9.09. The van der Waals surface area contributed by atoms with Crippen LogP contribution < -0.4 is 0 Å². The molecule has 17 heavy (non-hydrogen) atoms. The Morgan fingerprint density at radius 3 is 2.29 bits per heavy atom. The van der Waals surface area contributed by atoms with Crippen molar-refractivity contribution in [2.45, 2.75) is 33.1 Å². The average Bonchev–Trinajstić information content (AvgIpc) is 2.29. The molecule has 0 unspecified atom stereocenters. The van der Waals surface area contributed by atoms with Crippen LogP contribution in [0.3, 0.4) is 0 Å². The third-order valence-corrected chi connectivity index (χ3v) is 2.73. The topological polar surface area (TPSA) is 25.8 Å². The Kier molecular flexibility index (Phi) is 2.97. The molecule has 2 rings (SSSR count). The van der Waals surface area contributed by atoms with Crippen LogP contribution in [0.25, 0.3) is 11.4 Å². The fourth-order valence-corrected chi connectivity index (χ4v) is 1.94. The smallest absolute Gasteiger partial charge is 0.0889 e. The molecule has 0 saturated carbocycles. The van der Waals surface area contributed by atoms with E-state index >= 15 is 0 Å². The molecule has 0 bridgehead atoms. The van der Waals surface area contributed by atoms with E-state index in [1.807, 2.05) is 24.3 Å². The van der Waals surface area contributed by atoms with E-state index in [1.54, 1.807) is 6.20 Å². The maximum Gasteiger partial charge on any atom is 0.0889 e. The Morgan fingerprint density at radius 1 is 0.941 bits per heavy atom. The molecule has 0 amide bonds. The van der Waals surface area contributed by atoms with Crippen LogP contribution in [0.15, 0.2) is 36.5 Å². The molecule has 2 heteroatoms. The first-order valence-corrected chi connectivity index (χ1v) is 5.88. The van der Waals surface area contributed by atoms with Crippen molar-refractivity contribution in [1.29, 1.82) is 0 Å². The number of nitrogens with zero attached hydrogens (tertiary/aromatic N) is 2. The van der Waals surface area contributed by atoms with Crippen molar-refractivity contribution >= 4 is 0 Å². The maximum absolute atomic E-state index is 4.75. The molecule has 0 saturated heterocycles. The van der Waals surface area contributed by atoms with Crippen LogP contribution in [-0.2, 0) is 5.41 Å². The second-order valence-corrected chi connectivity index (χ2v) is 5.33. The zero-order valence-electron chi connectivity index (χ0n) is 10.9. The number of aromatic nitrogens is 2. The molecule has 2 heterocycles. The fourth-order valence-electron chi connectivity index (χ4n) is 1.94. The third-order valence-electron chi connectivity index (χ3n) is 2.73. The summed E-state index contributed by atoms with van der Waals surface area (Å²) < 4.78 is 0. The monoisotopic (exact) mass is 226 g/mol. The molecule has 0 radical (unpaired) electrons. The molecule has 0 atom stereocenters. The van der Waals surface area contributed by atoms with Gasteiger partial charge in [-0.25, -0.2) is 0 Å². The second kappa shape index (κ2) is 4.28. The van der Waals surface area contributed by atoms with Gasteiger partial charge in [-0.3, -0.25) is 9.97 Å². The summed E-state index contributed by atoms with van der Waals surface area (Å²) in [5, 5.41) is 0. The molecule has 2 aromatic heterocycles. The van der Waals surface area contributed by atoms with Crippen LogP contribution in [0.1, 0.15) is 32.0 Å². The van der Waals surface area contributed by atoms with Gasteiger partial charge in [0.25, 0.3) is 0 Å². The highest BCUT2D eigenvalue weighted by molar-refractivity contribution is 5.54. The van der Waals surface area contributed by atoms with E-state index in [0.717, 1.165) is 17.1 Å². The maximum atomic E-state index is 4.75. The molecule has 0 N–H and O–H groups in total. The molecule has 0 aromatic carbocycles. The normalized spacial score (nSPS) is 11.5. The fraction of sp³-hybridized carbons (Fsp3) is 0.333. The van der Waals surface area contributed by atoms with Gasteiger partial charge in [-0.2, -0.15) is 0 Å². The molecule has 0 aliphatic rings. The summed E-state index contributed by atoms with van der Waals surface area (Å²) in [6, 6.07) is 10.1. The minimum absolute atomic E-state index is 0.0644. The van der Waals surface area contributed by atoms with Crippen molar-refractivity contribution in [1.82, 2.24) is 9.97 Å². The Hall–Kier alpha value is -1.70. The van der Waals surface area contributed by atoms with Crippen molar-refractivity contribution in [3.8, 4) is 11.4 Å². The predicted molar refractivity (Wildman–Crippen MR) is 70.9 cm³/mol. The van der Waals surface area contributed by atoms with Crippen LogP contribution >= 0.6 is 0 Å². The molecule has 2 nitrogen and oxygen atoms in total. The van der Waals surface area contributed by atoms with E-state index in [-0.39, 0.29) is 5.41 Å². The highest BCUT2D eigenvalue weighted by atomic mass is 14.8. The summed E-state index contributed by atoms with van der Waals surface area (Å²) in [6.45, 7) is 8.66. The SMILES string of the molecule is Cc1ccc(-c2ccccn2)nc1C(C)(C)C. The summed E-state index contributed by atoms with van der Waals surface area (Å²) in [6.07, 6.45) is 1.80. The lowest BCUT2D eigenvalue weighted by Crippen LogP contribution is -2.15. The number of hydrogen-bond acceptors (Lipinski definition) is 2. The zero-order chi connectivity index (χ0) is 12.5. The van der Waals surface area contributed by atoms with E-state index in [9.17, 15) is 0 Å². The van der Waals surface area contributed by atoms with Gasteiger partial charge in [0, 0.05) is 17.3 Å². The van der Waals surface area contributed by atoms with Crippen molar-refractivity contribution < 1.29 is 0 Å². The predicted octanol–water partition coefficient (Wildman–Crippen LogP) is 3.75. The van der Waals surface area contributed by atoms with Gasteiger partial charge in [0.15, 0.2) is 0 Å². The van der Waals surface area contributed by atoms with E-state index in [0.29, 0.717) is 0 Å². The second-order valence-electron chi connectivity index (χ2n) is 5.33. The van der Waals surface area contributed by atoms with Gasteiger partial charge < -0.3 is 0 Å². The Morgan fingerprint density at radius 2 is 1.71 bits per heavy atom. The van der Waals surface area contributed by atoms with Crippen molar-refractivity contribution in [2.24, 2.45) is 0 Å². The first-order chi connectivity index (χ1) is 7.98. The molecule has 0 aliphatic heterocycles. The first kappa shape index (κ1) is 11.8. The molecule has 0 spiro atoms. The largest absolute Gasteiger partial charge is 0.255 e. The van der Waals surface area contributed by atoms with E-state index in [4.69, 9.17) is 4.98 Å². The van der Waals surface area contributed by atoms with Gasteiger partial charge in [-0.1, -0.05) is 32.9 Å². The highest BCUT2D eigenvalue weighted by Gasteiger charge is 2.18. The quantitative estimate of drug-likeness (QED) is 0.740. The Bertz CT molecular complexity index is 510. The van der Waals surface area contributed by atoms with Gasteiger partial charge in [0.2, 0.25) is 0 Å². The van der Waals surface area contributed by atoms with Gasteiger partial charge in [-0.15, -0.1) is 0 Å². The van der Waals surface area contributed by atoms with Gasteiger partial charge in [0.1, 0.15) is 0 Å². The summed E-state index contributed by atoms with van der Waals surface area (Å²) >= 11 is 0. The van der Waals surface area contributed by atoms with Crippen LogP contribution in [0.4, 0.5) is 0 Å². The van der Waals surface area contributed by atoms with Crippen molar-refractivity contribution in [3.05, 3.63) is 47.8 Å². The standard InChI is InChI=1S/C15H18N2/c1-11-8-9-13(12-7-5-6-10-16-12)17-14(11)15(2,3)4/h5-10H,1-4H3. The van der Waals surface area contributed by atoms with Gasteiger partial charge >= 0.3 is 0 Å². The lowest BCUT2D eigenvalue weighted by Gasteiger charge is -2.20. The van der Waals surface area contributed by atoms with Crippen LogP contribution in [0, 0.1) is 6.92 Å². The Balaban J connectivity index is 2.53. The minimum Gasteiger partial charge on any atom is -0.255 e. The minimum atomic E-state index is 0.0644. The van der Waals surface area contributed by atoms with Crippen LogP contribution in [0.2, 0.25) is 0 Å². The summed E-state index contributed by atoms with van der Waals surface area (Å²) in [5.74, 6) is 0. The Labute approximate surface area is 103 Å². The average molecular weight is 226 g/mol. The van der Waals surface area contributed by atoms with E-state index in [1.165, 1.54) is 5.56 Å². The number of hydrogen-bond donors (Lipinski definition) is 0. The number of pyridine rings is 2. The molecule has 0 fully saturated rings. The van der Waals surface area contributed by atoms with E-state index < -0.39 is 0 Å². The van der Waals surface area contributed by atoms with Crippen molar-refractivity contribution in [3.63, 3.8) is 0 Å². The van der Waals surface area contributed by atoms with E-state index in [2.05, 4.69) is 38.7 Å². The van der Waals surface area contributed by atoms with Crippen molar-refractivity contribution in [2.75, 3.05) is 0 Å². The first-order valence-electron chi connectivity index (χ1n) is 5.88. The third kappa shape index (κ3) is 2.52. The van der Waals surface area contributed by atoms with Gasteiger partial charge in [0.05, 0.1) is 11.4 Å². The zero-order valence-corrected chi connectivity index (χ0v) is 10.9. The summed E-state index contributed by atoms with van der Waals surface area (Å²) in [5.41, 5.74) is 4.31. The molecular formula is C15H18N2. The molecule has 0 aliphatic carbocycles. The molecule has 88 valence electrons. The molecular weight excluding hydrogens is 208 g/mol. The molecule has 2 aromatic rings. The van der Waals surface area contributed by atoms with Crippen LogP contribution in [-0.4, -0.2) is 9.97 Å². The lowest BCUT2D eigenvalue weighted by molar-refractivity contribution is 0.565. The van der Waals surface area contributed by atoms with Crippen LogP contribution in [0.5, 0.6) is 0 Å². The number of aryl methyl sites for hydroxylation is 1. The lowest BCUT2D eigenvalue weighted by atomic mass is 9.88. The highest BCUT2D eigenvalue weighted by Crippen LogP contribution is 2.26. The number of rotatable bonds is 1. The van der Waals surface area contributed by atoms with Gasteiger partial charge in [-0.05, 0) is 30.7 Å². The summed E-state index contributed by atoms with van der Waals surface area (Å²) in [7, 11) is 0.